The first-order valence-corrected chi connectivity index (χ1v) is 13.9. The van der Waals surface area contributed by atoms with E-state index in [0.717, 1.165) is 51.1 Å². The van der Waals surface area contributed by atoms with Crippen LogP contribution in [0.3, 0.4) is 0 Å². The predicted molar refractivity (Wildman–Crippen MR) is 134 cm³/mol. The molecule has 1 heterocycles. The summed E-state index contributed by atoms with van der Waals surface area (Å²) in [6.45, 7) is 17.4. The number of hydrogen-bond acceptors (Lipinski definition) is 3. The number of hydrogen-bond donors (Lipinski definition) is 0. The van der Waals surface area contributed by atoms with E-state index in [4.69, 9.17) is 13.6 Å². The Morgan fingerprint density at radius 3 is 1.87 bits per heavy atom. The quantitative estimate of drug-likeness (QED) is 0.281. The zero-order valence-corrected chi connectivity index (χ0v) is 22.2. The van der Waals surface area contributed by atoms with Gasteiger partial charge >= 0.3 is 8.60 Å². The van der Waals surface area contributed by atoms with Crippen LogP contribution in [-0.4, -0.2) is 13.2 Å². The molecule has 1 aliphatic rings. The SMILES string of the molecule is CCCCc1cc(C(C)CC)cc(CCCC)c1OP1OCC(CC)(C(C)CC)CO1. The summed E-state index contributed by atoms with van der Waals surface area (Å²) in [7, 11) is -1.33. The van der Waals surface area contributed by atoms with Gasteiger partial charge in [-0.3, -0.25) is 0 Å². The lowest BCUT2D eigenvalue weighted by atomic mass is 9.74. The van der Waals surface area contributed by atoms with Gasteiger partial charge in [-0.15, -0.1) is 0 Å². The molecule has 0 saturated carbocycles. The first-order valence-electron chi connectivity index (χ1n) is 12.8. The maximum Gasteiger partial charge on any atom is 0.397 e. The standard InChI is InChI=1S/C27H47O3P/c1-8-13-15-23-17-25(21(6)10-3)18-24(16-14-9-2)26(23)30-31-28-19-27(12-5,20-29-31)22(7)11-4/h17-18,21-22H,8-16,19-20H2,1-7H3. The molecule has 1 aromatic rings. The van der Waals surface area contributed by atoms with E-state index in [1.807, 2.05) is 0 Å². The smallest absolute Gasteiger partial charge is 0.397 e. The molecule has 1 aromatic carbocycles. The first kappa shape index (κ1) is 26.6. The Labute approximate surface area is 193 Å². The van der Waals surface area contributed by atoms with Crippen molar-refractivity contribution in [3.05, 3.63) is 28.8 Å². The molecule has 0 aliphatic carbocycles. The van der Waals surface area contributed by atoms with Crippen LogP contribution < -0.4 is 4.52 Å². The van der Waals surface area contributed by atoms with E-state index < -0.39 is 8.60 Å². The summed E-state index contributed by atoms with van der Waals surface area (Å²) in [6.07, 6.45) is 10.2. The van der Waals surface area contributed by atoms with Crippen LogP contribution in [0.5, 0.6) is 5.75 Å². The summed E-state index contributed by atoms with van der Waals surface area (Å²) in [5, 5.41) is 0. The maximum absolute atomic E-state index is 6.55. The Morgan fingerprint density at radius 2 is 1.45 bits per heavy atom. The van der Waals surface area contributed by atoms with E-state index in [2.05, 4.69) is 60.6 Å². The van der Waals surface area contributed by atoms with Crippen molar-refractivity contribution in [2.24, 2.45) is 11.3 Å². The van der Waals surface area contributed by atoms with Crippen molar-refractivity contribution in [1.82, 2.24) is 0 Å². The molecule has 3 nitrogen and oxygen atoms in total. The Morgan fingerprint density at radius 1 is 0.903 bits per heavy atom. The largest absolute Gasteiger partial charge is 0.426 e. The van der Waals surface area contributed by atoms with E-state index in [1.54, 1.807) is 0 Å². The van der Waals surface area contributed by atoms with Crippen LogP contribution in [0, 0.1) is 11.3 Å². The minimum absolute atomic E-state index is 0.118. The van der Waals surface area contributed by atoms with E-state index in [-0.39, 0.29) is 5.41 Å². The molecule has 2 rings (SSSR count). The van der Waals surface area contributed by atoms with Crippen molar-refractivity contribution in [2.45, 2.75) is 112 Å². The highest BCUT2D eigenvalue weighted by atomic mass is 31.2. The molecule has 0 aromatic heterocycles. The van der Waals surface area contributed by atoms with Gasteiger partial charge in [0, 0.05) is 5.41 Å². The Hall–Kier alpha value is -0.630. The topological polar surface area (TPSA) is 27.7 Å². The highest BCUT2D eigenvalue weighted by molar-refractivity contribution is 7.42. The van der Waals surface area contributed by atoms with Gasteiger partial charge in [-0.05, 0) is 67.1 Å². The summed E-state index contributed by atoms with van der Waals surface area (Å²) in [5.74, 6) is 2.21. The molecule has 2 atom stereocenters. The fraction of sp³-hybridized carbons (Fsp3) is 0.778. The molecule has 0 radical (unpaired) electrons. The molecule has 1 fully saturated rings. The van der Waals surface area contributed by atoms with Crippen molar-refractivity contribution in [1.29, 1.82) is 0 Å². The van der Waals surface area contributed by atoms with Gasteiger partial charge in [0.1, 0.15) is 5.75 Å². The van der Waals surface area contributed by atoms with Gasteiger partial charge in [-0.25, -0.2) is 0 Å². The lowest BCUT2D eigenvalue weighted by molar-refractivity contribution is -0.0222. The van der Waals surface area contributed by atoms with Gasteiger partial charge in [0.15, 0.2) is 0 Å². The Bertz CT molecular complexity index is 623. The minimum Gasteiger partial charge on any atom is -0.426 e. The van der Waals surface area contributed by atoms with Crippen LogP contribution in [0.2, 0.25) is 0 Å². The number of benzene rings is 1. The molecule has 1 aliphatic heterocycles. The van der Waals surface area contributed by atoms with E-state index in [9.17, 15) is 0 Å². The maximum atomic E-state index is 6.55. The van der Waals surface area contributed by atoms with Crippen molar-refractivity contribution in [2.75, 3.05) is 13.2 Å². The molecule has 0 amide bonds. The molecule has 0 spiro atoms. The molecule has 178 valence electrons. The number of aryl methyl sites for hydroxylation is 2. The van der Waals surface area contributed by atoms with E-state index in [0.29, 0.717) is 11.8 Å². The molecule has 0 bridgehead atoms. The number of rotatable bonds is 13. The normalized spacial score (nSPS) is 23.5. The first-order chi connectivity index (χ1) is 14.9. The molecule has 0 N–H and O–H groups in total. The van der Waals surface area contributed by atoms with Crippen LogP contribution in [-0.2, 0) is 21.9 Å². The number of unbranched alkanes of at least 4 members (excludes halogenated alkanes) is 2. The third kappa shape index (κ3) is 6.92. The van der Waals surface area contributed by atoms with E-state index >= 15 is 0 Å². The fourth-order valence-corrected chi connectivity index (χ4v) is 5.65. The predicted octanol–water partition coefficient (Wildman–Crippen LogP) is 8.98. The molecule has 4 heteroatoms. The average molecular weight is 451 g/mol. The summed E-state index contributed by atoms with van der Waals surface area (Å²) in [6, 6.07) is 4.78. The second kappa shape index (κ2) is 13.2. The third-order valence-electron chi connectivity index (χ3n) is 7.49. The van der Waals surface area contributed by atoms with Crippen LogP contribution >= 0.6 is 8.60 Å². The summed E-state index contributed by atoms with van der Waals surface area (Å²) >= 11 is 0. The minimum atomic E-state index is -1.33. The molecule has 31 heavy (non-hydrogen) atoms. The van der Waals surface area contributed by atoms with E-state index in [1.165, 1.54) is 42.4 Å². The second-order valence-corrected chi connectivity index (χ2v) is 10.7. The molecule has 1 saturated heterocycles. The van der Waals surface area contributed by atoms with Gasteiger partial charge in [0.05, 0.1) is 13.2 Å². The van der Waals surface area contributed by atoms with Crippen molar-refractivity contribution in [3.63, 3.8) is 0 Å². The van der Waals surface area contributed by atoms with Crippen LogP contribution in [0.15, 0.2) is 12.1 Å². The van der Waals surface area contributed by atoms with Crippen molar-refractivity contribution in [3.8, 4) is 5.75 Å². The lowest BCUT2D eigenvalue weighted by Crippen LogP contribution is -2.40. The van der Waals surface area contributed by atoms with Crippen molar-refractivity contribution < 1.29 is 13.6 Å². The highest BCUT2D eigenvalue weighted by Gasteiger charge is 2.41. The van der Waals surface area contributed by atoms with Gasteiger partial charge < -0.3 is 13.6 Å². The lowest BCUT2D eigenvalue weighted by Gasteiger charge is -2.42. The van der Waals surface area contributed by atoms with Crippen LogP contribution in [0.1, 0.15) is 116 Å². The zero-order chi connectivity index (χ0) is 22.9. The fourth-order valence-electron chi connectivity index (χ4n) is 4.36. The van der Waals surface area contributed by atoms with Crippen molar-refractivity contribution >= 4 is 8.60 Å². The second-order valence-electron chi connectivity index (χ2n) is 9.57. The molecular weight excluding hydrogens is 403 g/mol. The van der Waals surface area contributed by atoms with Crippen LogP contribution in [0.25, 0.3) is 0 Å². The van der Waals surface area contributed by atoms with Gasteiger partial charge in [0.2, 0.25) is 0 Å². The van der Waals surface area contributed by atoms with Crippen LogP contribution in [0.4, 0.5) is 0 Å². The molecular formula is C27H47O3P. The van der Waals surface area contributed by atoms with Gasteiger partial charge in [-0.2, -0.15) is 0 Å². The average Bonchev–Trinajstić information content (AvgIpc) is 2.81. The summed E-state index contributed by atoms with van der Waals surface area (Å²) in [4.78, 5) is 0. The third-order valence-corrected chi connectivity index (χ3v) is 8.50. The van der Waals surface area contributed by atoms with Gasteiger partial charge in [-0.1, -0.05) is 79.9 Å². The zero-order valence-electron chi connectivity index (χ0n) is 21.3. The monoisotopic (exact) mass is 450 g/mol. The highest BCUT2D eigenvalue weighted by Crippen LogP contribution is 2.52. The summed E-state index contributed by atoms with van der Waals surface area (Å²) < 4.78 is 19.1. The Kier molecular flexibility index (Phi) is 11.3. The Balaban J connectivity index is 2.28. The van der Waals surface area contributed by atoms with Gasteiger partial charge in [0.25, 0.3) is 0 Å². The summed E-state index contributed by atoms with van der Waals surface area (Å²) in [5.41, 5.74) is 4.25. The molecule has 2 unspecified atom stereocenters.